The molecule has 0 fully saturated rings. The van der Waals surface area contributed by atoms with Gasteiger partial charge >= 0.3 is 11.9 Å². The minimum atomic E-state index is -0.692. The van der Waals surface area contributed by atoms with Crippen molar-refractivity contribution in [3.05, 3.63) is 0 Å². The topological polar surface area (TPSA) is 74.6 Å². The second kappa shape index (κ2) is 8.54. The zero-order valence-electron chi connectivity index (χ0n) is 16.0. The molecule has 0 aliphatic rings. The number of hydrogen-bond acceptors (Lipinski definition) is 2. The fraction of sp³-hybridized carbons (Fsp3) is 0.889. The Hall–Kier alpha value is -1.06. The van der Waals surface area contributed by atoms with Gasteiger partial charge in [0, 0.05) is 0 Å². The lowest BCUT2D eigenvalue weighted by Crippen LogP contribution is -2.38. The molecule has 0 unspecified atom stereocenters. The summed E-state index contributed by atoms with van der Waals surface area (Å²) in [6.07, 6.45) is 0. The van der Waals surface area contributed by atoms with Crippen LogP contribution in [0.25, 0.3) is 0 Å². The van der Waals surface area contributed by atoms with Crippen molar-refractivity contribution >= 4 is 11.9 Å². The Kier molecular flexibility index (Phi) is 9.01. The van der Waals surface area contributed by atoms with Crippen LogP contribution in [0.1, 0.15) is 69.2 Å². The second-order valence-electron chi connectivity index (χ2n) is 7.79. The molecule has 0 heterocycles. The van der Waals surface area contributed by atoms with E-state index in [4.69, 9.17) is 10.2 Å². The van der Waals surface area contributed by atoms with Crippen LogP contribution in [0, 0.1) is 34.5 Å². The third-order valence-electron chi connectivity index (χ3n) is 5.72. The summed E-state index contributed by atoms with van der Waals surface area (Å²) in [7, 11) is 0. The Labute approximate surface area is 136 Å². The molecule has 0 aromatic carbocycles. The number of carboxylic acids is 2. The fourth-order valence-corrected chi connectivity index (χ4v) is 2.32. The molecule has 4 nitrogen and oxygen atoms in total. The molecule has 0 radical (unpaired) electrons. The fourth-order valence-electron chi connectivity index (χ4n) is 2.32. The molecule has 4 heteroatoms. The van der Waals surface area contributed by atoms with Gasteiger partial charge in [0.05, 0.1) is 10.8 Å². The highest BCUT2D eigenvalue weighted by Crippen LogP contribution is 2.36. The first-order valence-electron chi connectivity index (χ1n) is 8.13. The standard InChI is InChI=1S/2C9H18O2/c2*1-6(2)9(5,7(3)4)8(10)11/h2*6-7H,1-5H3,(H,10,11). The summed E-state index contributed by atoms with van der Waals surface area (Å²) in [6, 6.07) is 0. The van der Waals surface area contributed by atoms with Crippen LogP contribution in [-0.4, -0.2) is 22.2 Å². The molecular formula is C18H36O4. The molecule has 0 aliphatic heterocycles. The summed E-state index contributed by atoms with van der Waals surface area (Å²) in [5.74, 6) is -0.662. The monoisotopic (exact) mass is 316 g/mol. The summed E-state index contributed by atoms with van der Waals surface area (Å²) < 4.78 is 0. The number of carbonyl (C=O) groups is 2. The zero-order valence-corrected chi connectivity index (χ0v) is 16.0. The molecule has 0 atom stereocenters. The van der Waals surface area contributed by atoms with Crippen molar-refractivity contribution in [3.63, 3.8) is 0 Å². The van der Waals surface area contributed by atoms with E-state index in [0.29, 0.717) is 0 Å². The van der Waals surface area contributed by atoms with Crippen molar-refractivity contribution in [2.24, 2.45) is 34.5 Å². The summed E-state index contributed by atoms with van der Waals surface area (Å²) in [5.41, 5.74) is -1.17. The maximum absolute atomic E-state index is 10.9. The van der Waals surface area contributed by atoms with Crippen LogP contribution in [0.4, 0.5) is 0 Å². The van der Waals surface area contributed by atoms with Crippen molar-refractivity contribution in [1.29, 1.82) is 0 Å². The smallest absolute Gasteiger partial charge is 0.309 e. The highest BCUT2D eigenvalue weighted by atomic mass is 16.4. The van der Waals surface area contributed by atoms with Crippen molar-refractivity contribution in [2.45, 2.75) is 69.2 Å². The summed E-state index contributed by atoms with van der Waals surface area (Å²) in [5, 5.41) is 17.9. The van der Waals surface area contributed by atoms with Crippen LogP contribution in [0.2, 0.25) is 0 Å². The van der Waals surface area contributed by atoms with Crippen molar-refractivity contribution < 1.29 is 19.8 Å². The third-order valence-corrected chi connectivity index (χ3v) is 5.72. The molecular weight excluding hydrogens is 280 g/mol. The maximum Gasteiger partial charge on any atom is 0.309 e. The molecule has 0 aromatic rings. The van der Waals surface area contributed by atoms with Crippen LogP contribution in [-0.2, 0) is 9.59 Å². The van der Waals surface area contributed by atoms with Gasteiger partial charge in [0.2, 0.25) is 0 Å². The van der Waals surface area contributed by atoms with Gasteiger partial charge < -0.3 is 10.2 Å². The quantitative estimate of drug-likeness (QED) is 0.739. The normalized spacial score (nSPS) is 12.6. The molecule has 0 saturated heterocycles. The highest BCUT2D eigenvalue weighted by Gasteiger charge is 2.40. The molecule has 0 spiro atoms. The summed E-state index contributed by atoms with van der Waals surface area (Å²) >= 11 is 0. The first-order chi connectivity index (χ1) is 9.66. The second-order valence-corrected chi connectivity index (χ2v) is 7.79. The zero-order chi connectivity index (χ0) is 18.5. The van der Waals surface area contributed by atoms with Crippen LogP contribution < -0.4 is 0 Å². The minimum absolute atomic E-state index is 0.181. The van der Waals surface area contributed by atoms with Crippen LogP contribution in [0.5, 0.6) is 0 Å². The molecule has 0 aromatic heterocycles. The van der Waals surface area contributed by atoms with Crippen molar-refractivity contribution in [3.8, 4) is 0 Å². The number of hydrogen-bond donors (Lipinski definition) is 2. The van der Waals surface area contributed by atoms with E-state index in [9.17, 15) is 9.59 Å². The number of carboxylic acid groups (broad SMARTS) is 2. The van der Waals surface area contributed by atoms with Gasteiger partial charge in [0.1, 0.15) is 0 Å². The van der Waals surface area contributed by atoms with Gasteiger partial charge in [-0.1, -0.05) is 55.4 Å². The number of rotatable bonds is 6. The average molecular weight is 316 g/mol. The van der Waals surface area contributed by atoms with E-state index in [0.717, 1.165) is 0 Å². The van der Waals surface area contributed by atoms with Crippen LogP contribution >= 0.6 is 0 Å². The molecule has 2 N–H and O–H groups in total. The molecule has 0 rings (SSSR count). The SMILES string of the molecule is CC(C)C(C)(C(=O)O)C(C)C.CC(C)C(C)(C(=O)O)C(C)C. The molecule has 0 saturated carbocycles. The van der Waals surface area contributed by atoms with Crippen molar-refractivity contribution in [2.75, 3.05) is 0 Å². The van der Waals surface area contributed by atoms with Crippen LogP contribution in [0.15, 0.2) is 0 Å². The lowest BCUT2D eigenvalue weighted by atomic mass is 9.71. The third kappa shape index (κ3) is 4.99. The lowest BCUT2D eigenvalue weighted by Gasteiger charge is -2.32. The van der Waals surface area contributed by atoms with E-state index in [1.54, 1.807) is 0 Å². The Morgan fingerprint density at radius 3 is 0.727 bits per heavy atom. The van der Waals surface area contributed by atoms with E-state index in [-0.39, 0.29) is 23.7 Å². The Morgan fingerprint density at radius 2 is 0.727 bits per heavy atom. The summed E-state index contributed by atoms with van der Waals surface area (Å²) in [6.45, 7) is 19.2. The van der Waals surface area contributed by atoms with E-state index < -0.39 is 22.8 Å². The summed E-state index contributed by atoms with van der Waals surface area (Å²) in [4.78, 5) is 21.8. The van der Waals surface area contributed by atoms with E-state index in [1.807, 2.05) is 69.2 Å². The van der Waals surface area contributed by atoms with Gasteiger partial charge in [0.15, 0.2) is 0 Å². The van der Waals surface area contributed by atoms with Gasteiger partial charge in [0.25, 0.3) is 0 Å². The van der Waals surface area contributed by atoms with E-state index in [1.165, 1.54) is 0 Å². The van der Waals surface area contributed by atoms with Crippen LogP contribution in [0.3, 0.4) is 0 Å². The first-order valence-corrected chi connectivity index (χ1v) is 8.13. The largest absolute Gasteiger partial charge is 0.481 e. The van der Waals surface area contributed by atoms with Gasteiger partial charge in [-0.05, 0) is 37.5 Å². The van der Waals surface area contributed by atoms with Gasteiger partial charge in [-0.3, -0.25) is 9.59 Å². The molecule has 0 bridgehead atoms. The molecule has 22 heavy (non-hydrogen) atoms. The predicted molar refractivity (Wildman–Crippen MR) is 90.8 cm³/mol. The first kappa shape index (κ1) is 23.2. The highest BCUT2D eigenvalue weighted by molar-refractivity contribution is 5.75. The Balaban J connectivity index is 0. The molecule has 132 valence electrons. The predicted octanol–water partition coefficient (Wildman–Crippen LogP) is 4.78. The Bertz CT molecular complexity index is 315. The lowest BCUT2D eigenvalue weighted by molar-refractivity contribution is -0.154. The van der Waals surface area contributed by atoms with E-state index >= 15 is 0 Å². The minimum Gasteiger partial charge on any atom is -0.481 e. The van der Waals surface area contributed by atoms with E-state index in [2.05, 4.69) is 0 Å². The Morgan fingerprint density at radius 1 is 0.591 bits per heavy atom. The molecule has 0 aliphatic carbocycles. The average Bonchev–Trinajstić information content (AvgIpc) is 2.35. The molecule has 0 amide bonds. The van der Waals surface area contributed by atoms with Gasteiger partial charge in [-0.2, -0.15) is 0 Å². The van der Waals surface area contributed by atoms with Gasteiger partial charge in [-0.15, -0.1) is 0 Å². The number of aliphatic carboxylic acids is 2. The maximum atomic E-state index is 10.9. The van der Waals surface area contributed by atoms with Gasteiger partial charge in [-0.25, -0.2) is 0 Å². The van der Waals surface area contributed by atoms with Crippen molar-refractivity contribution in [1.82, 2.24) is 0 Å².